The van der Waals surface area contributed by atoms with Gasteiger partial charge in [-0.05, 0) is 44.4 Å². The zero-order chi connectivity index (χ0) is 14.7. The summed E-state index contributed by atoms with van der Waals surface area (Å²) in [6.07, 6.45) is 0.957. The van der Waals surface area contributed by atoms with Crippen LogP contribution < -0.4 is 10.5 Å². The summed E-state index contributed by atoms with van der Waals surface area (Å²) in [6.45, 7) is 5.41. The molecule has 0 aromatic heterocycles. The summed E-state index contributed by atoms with van der Waals surface area (Å²) in [7, 11) is -3.63. The van der Waals surface area contributed by atoms with E-state index in [1.54, 1.807) is 13.0 Å². The van der Waals surface area contributed by atoms with Crippen LogP contribution in [0.1, 0.15) is 32.3 Å². The van der Waals surface area contributed by atoms with Crippen LogP contribution in [0.15, 0.2) is 23.1 Å². The maximum Gasteiger partial charge on any atom is 0.241 e. The average molecular weight is 286 g/mol. The minimum Gasteiger partial charge on any atom is -0.398 e. The van der Waals surface area contributed by atoms with Crippen molar-refractivity contribution >= 4 is 15.7 Å². The molecular weight excluding hydrogens is 264 g/mol. The van der Waals surface area contributed by atoms with Gasteiger partial charge in [0.05, 0.1) is 4.90 Å². The molecule has 6 heteroatoms. The van der Waals surface area contributed by atoms with Crippen molar-refractivity contribution in [2.24, 2.45) is 0 Å². The Bertz CT molecular complexity index is 543. The molecule has 1 aromatic rings. The fraction of sp³-hybridized carbons (Fsp3) is 0.538. The normalized spacial score (nSPS) is 15.2. The van der Waals surface area contributed by atoms with E-state index in [0.29, 0.717) is 18.5 Å². The number of nitrogen functional groups attached to an aromatic ring is 1. The summed E-state index contributed by atoms with van der Waals surface area (Å²) in [6, 6.07) is 4.66. The van der Waals surface area contributed by atoms with Crippen molar-refractivity contribution in [3.05, 3.63) is 23.8 Å². The van der Waals surface area contributed by atoms with E-state index in [1.807, 2.05) is 13.8 Å². The second-order valence-electron chi connectivity index (χ2n) is 5.01. The van der Waals surface area contributed by atoms with Crippen LogP contribution in [0.4, 0.5) is 5.69 Å². The Morgan fingerprint density at radius 3 is 2.53 bits per heavy atom. The molecule has 0 aliphatic carbocycles. The van der Waals surface area contributed by atoms with Crippen molar-refractivity contribution in [2.45, 2.75) is 44.0 Å². The number of anilines is 1. The molecule has 0 saturated heterocycles. The Morgan fingerprint density at radius 1 is 1.42 bits per heavy atom. The highest BCUT2D eigenvalue weighted by Crippen LogP contribution is 2.21. The van der Waals surface area contributed by atoms with E-state index < -0.39 is 15.6 Å². The number of hydrogen-bond donors (Lipinski definition) is 3. The van der Waals surface area contributed by atoms with Gasteiger partial charge in [0, 0.05) is 17.8 Å². The molecule has 0 aliphatic heterocycles. The van der Waals surface area contributed by atoms with Crippen molar-refractivity contribution in [2.75, 3.05) is 12.3 Å². The predicted molar refractivity (Wildman–Crippen MR) is 76.3 cm³/mol. The first-order valence-electron chi connectivity index (χ1n) is 6.25. The van der Waals surface area contributed by atoms with Crippen LogP contribution in [0.25, 0.3) is 0 Å². The summed E-state index contributed by atoms with van der Waals surface area (Å²) in [5, 5.41) is 9.03. The van der Waals surface area contributed by atoms with Gasteiger partial charge < -0.3 is 10.8 Å². The number of aliphatic hydroxyl groups excluding tert-OH is 1. The number of nitrogens with one attached hydrogen (secondary N) is 1. The molecule has 0 radical (unpaired) electrons. The zero-order valence-corrected chi connectivity index (χ0v) is 12.4. The molecule has 0 bridgehead atoms. The molecule has 5 nitrogen and oxygen atoms in total. The second-order valence-corrected chi connectivity index (χ2v) is 6.69. The van der Waals surface area contributed by atoms with Crippen LogP contribution in [-0.2, 0) is 10.0 Å². The predicted octanol–water partition coefficient (Wildman–Crippen LogP) is 1.41. The Labute approximate surface area is 114 Å². The first-order chi connectivity index (χ1) is 8.74. The lowest BCUT2D eigenvalue weighted by Crippen LogP contribution is -2.46. The highest BCUT2D eigenvalue weighted by atomic mass is 32.2. The van der Waals surface area contributed by atoms with Gasteiger partial charge in [0.2, 0.25) is 10.0 Å². The molecule has 108 valence electrons. The Kier molecular flexibility index (Phi) is 4.95. The number of sulfonamides is 1. The van der Waals surface area contributed by atoms with Gasteiger partial charge in [0.25, 0.3) is 0 Å². The van der Waals surface area contributed by atoms with Crippen molar-refractivity contribution in [3.63, 3.8) is 0 Å². The van der Waals surface area contributed by atoms with Crippen LogP contribution >= 0.6 is 0 Å². The second kappa shape index (κ2) is 5.90. The maximum atomic E-state index is 12.3. The minimum atomic E-state index is -3.63. The average Bonchev–Trinajstić information content (AvgIpc) is 2.32. The number of rotatable bonds is 6. The molecule has 19 heavy (non-hydrogen) atoms. The van der Waals surface area contributed by atoms with Gasteiger partial charge in [-0.15, -0.1) is 0 Å². The van der Waals surface area contributed by atoms with E-state index in [9.17, 15) is 8.42 Å². The van der Waals surface area contributed by atoms with E-state index in [4.69, 9.17) is 10.8 Å². The van der Waals surface area contributed by atoms with E-state index in [-0.39, 0.29) is 11.5 Å². The molecular formula is C13H22N2O3S. The molecule has 4 N–H and O–H groups in total. The van der Waals surface area contributed by atoms with Crippen LogP contribution in [0.2, 0.25) is 0 Å². The molecule has 0 aliphatic rings. The fourth-order valence-corrected chi connectivity index (χ4v) is 3.26. The third-order valence-corrected chi connectivity index (χ3v) is 5.02. The smallest absolute Gasteiger partial charge is 0.241 e. The van der Waals surface area contributed by atoms with Crippen molar-refractivity contribution < 1.29 is 13.5 Å². The summed E-state index contributed by atoms with van der Waals surface area (Å²) >= 11 is 0. The van der Waals surface area contributed by atoms with Crippen molar-refractivity contribution in [1.29, 1.82) is 0 Å². The van der Waals surface area contributed by atoms with Gasteiger partial charge in [0.1, 0.15) is 0 Å². The van der Waals surface area contributed by atoms with E-state index in [2.05, 4.69) is 4.72 Å². The van der Waals surface area contributed by atoms with Gasteiger partial charge in [-0.1, -0.05) is 13.0 Å². The monoisotopic (exact) mass is 286 g/mol. The molecule has 0 heterocycles. The lowest BCUT2D eigenvalue weighted by atomic mass is 9.97. The Balaban J connectivity index is 3.07. The molecule has 0 amide bonds. The molecule has 1 rings (SSSR count). The summed E-state index contributed by atoms with van der Waals surface area (Å²) < 4.78 is 27.2. The van der Waals surface area contributed by atoms with Crippen LogP contribution in [0.5, 0.6) is 0 Å². The van der Waals surface area contributed by atoms with E-state index in [0.717, 1.165) is 5.56 Å². The van der Waals surface area contributed by atoms with Gasteiger partial charge >= 0.3 is 0 Å². The number of aryl methyl sites for hydroxylation is 1. The third kappa shape index (κ3) is 3.92. The number of nitrogens with two attached hydrogens (primary N) is 1. The summed E-state index contributed by atoms with van der Waals surface area (Å²) in [5.41, 5.74) is 6.37. The molecule has 0 spiro atoms. The fourth-order valence-electron chi connectivity index (χ4n) is 1.72. The topological polar surface area (TPSA) is 92.4 Å². The van der Waals surface area contributed by atoms with Crippen LogP contribution in [-0.4, -0.2) is 25.7 Å². The lowest BCUT2D eigenvalue weighted by molar-refractivity contribution is 0.233. The minimum absolute atomic E-state index is 0.0666. The Hall–Kier alpha value is -1.11. The van der Waals surface area contributed by atoms with Crippen LogP contribution in [0.3, 0.4) is 0 Å². The summed E-state index contributed by atoms with van der Waals surface area (Å²) in [5.74, 6) is 0. The highest BCUT2D eigenvalue weighted by Gasteiger charge is 2.28. The quantitative estimate of drug-likeness (QED) is 0.689. The Morgan fingerprint density at radius 2 is 2.05 bits per heavy atom. The van der Waals surface area contributed by atoms with E-state index in [1.165, 1.54) is 12.1 Å². The van der Waals surface area contributed by atoms with Gasteiger partial charge in [-0.3, -0.25) is 0 Å². The molecule has 1 aromatic carbocycles. The van der Waals surface area contributed by atoms with Gasteiger partial charge in [0.15, 0.2) is 0 Å². The number of hydrogen-bond acceptors (Lipinski definition) is 4. The molecule has 0 saturated carbocycles. The maximum absolute atomic E-state index is 12.3. The molecule has 1 atom stereocenters. The summed E-state index contributed by atoms with van der Waals surface area (Å²) in [4.78, 5) is 0.146. The third-order valence-electron chi connectivity index (χ3n) is 3.39. The standard InChI is InChI=1S/C13H22N2O3S/c1-4-13(3,7-8-16)15-19(17,18)11-6-5-10(2)12(14)9-11/h5-6,9,15-16H,4,7-8,14H2,1-3H3. The first-order valence-corrected chi connectivity index (χ1v) is 7.73. The SMILES string of the molecule is CCC(C)(CCO)NS(=O)(=O)c1ccc(C)c(N)c1. The van der Waals surface area contributed by atoms with E-state index >= 15 is 0 Å². The van der Waals surface area contributed by atoms with Crippen molar-refractivity contribution in [3.8, 4) is 0 Å². The first kappa shape index (κ1) is 15.9. The van der Waals surface area contributed by atoms with Crippen molar-refractivity contribution in [1.82, 2.24) is 4.72 Å². The number of benzene rings is 1. The molecule has 1 unspecified atom stereocenters. The van der Waals surface area contributed by atoms with Gasteiger partial charge in [-0.25, -0.2) is 13.1 Å². The largest absolute Gasteiger partial charge is 0.398 e. The molecule has 0 fully saturated rings. The van der Waals surface area contributed by atoms with Crippen LogP contribution in [0, 0.1) is 6.92 Å². The number of aliphatic hydroxyl groups is 1. The zero-order valence-electron chi connectivity index (χ0n) is 11.6. The highest BCUT2D eigenvalue weighted by molar-refractivity contribution is 7.89. The van der Waals surface area contributed by atoms with Gasteiger partial charge in [-0.2, -0.15) is 0 Å². The lowest BCUT2D eigenvalue weighted by Gasteiger charge is -2.28.